The largest absolute Gasteiger partial charge is 0.481 e. The van der Waals surface area contributed by atoms with E-state index in [2.05, 4.69) is 5.32 Å². The van der Waals surface area contributed by atoms with Gasteiger partial charge in [0.05, 0.1) is 23.6 Å². The number of amidine groups is 1. The Kier molecular flexibility index (Phi) is 8.86. The lowest BCUT2D eigenvalue weighted by Crippen LogP contribution is -2.32. The van der Waals surface area contributed by atoms with Crippen LogP contribution in [0, 0.1) is 5.41 Å². The van der Waals surface area contributed by atoms with E-state index in [4.69, 9.17) is 11.1 Å². The first-order valence-corrected chi connectivity index (χ1v) is 10.4. The SMILES string of the molecule is Cl.N=C(N)c1cccc(C(CC(=O)O)NC(=O)c2ccc(C(=O)N3CCCC3)c(C(F)(F)F)c2)c1. The number of carboxylic acids is 1. The van der Waals surface area contributed by atoms with Crippen molar-refractivity contribution in [3.63, 3.8) is 0 Å². The molecular weight excluding hydrogens is 489 g/mol. The van der Waals surface area contributed by atoms with Gasteiger partial charge in [-0.1, -0.05) is 18.2 Å². The van der Waals surface area contributed by atoms with Gasteiger partial charge in [0.15, 0.2) is 0 Å². The Hall–Kier alpha value is -3.60. The fraction of sp³-hybridized carbons (Fsp3) is 0.304. The molecule has 188 valence electrons. The standard InChI is InChI=1S/C23H23F3N4O4.ClH/c24-23(25,26)17-11-15(6-7-16(17)22(34)30-8-1-2-9-30)21(33)29-18(12-19(31)32)13-4-3-5-14(10-13)20(27)28;/h3-7,10-11,18H,1-2,8-9,12H2,(H3,27,28)(H,29,33)(H,31,32);1H. The molecule has 1 heterocycles. The Balaban J connectivity index is 0.00000432. The van der Waals surface area contributed by atoms with Gasteiger partial charge in [-0.15, -0.1) is 12.4 Å². The van der Waals surface area contributed by atoms with Crippen LogP contribution < -0.4 is 11.1 Å². The van der Waals surface area contributed by atoms with Crippen LogP contribution in [0.2, 0.25) is 0 Å². The Labute approximate surface area is 205 Å². The quantitative estimate of drug-likeness (QED) is 0.332. The lowest BCUT2D eigenvalue weighted by molar-refractivity contribution is -0.138. The lowest BCUT2D eigenvalue weighted by atomic mass is 9.99. The third kappa shape index (κ3) is 6.72. The predicted octanol–water partition coefficient (Wildman–Crippen LogP) is 3.59. The van der Waals surface area contributed by atoms with Crippen LogP contribution in [0.25, 0.3) is 0 Å². The highest BCUT2D eigenvalue weighted by molar-refractivity contribution is 6.00. The van der Waals surface area contributed by atoms with Crippen molar-refractivity contribution in [1.29, 1.82) is 5.41 Å². The molecule has 0 saturated carbocycles. The summed E-state index contributed by atoms with van der Waals surface area (Å²) in [5, 5.41) is 19.2. The number of amides is 2. The molecule has 0 aromatic heterocycles. The molecule has 0 radical (unpaired) electrons. The Morgan fingerprint density at radius 2 is 1.74 bits per heavy atom. The highest BCUT2D eigenvalue weighted by atomic mass is 35.5. The summed E-state index contributed by atoms with van der Waals surface area (Å²) in [6.45, 7) is 0.739. The van der Waals surface area contributed by atoms with Crippen molar-refractivity contribution in [3.05, 3.63) is 70.3 Å². The van der Waals surface area contributed by atoms with Gasteiger partial charge >= 0.3 is 12.1 Å². The van der Waals surface area contributed by atoms with Crippen LogP contribution >= 0.6 is 12.4 Å². The Bertz CT molecular complexity index is 1130. The van der Waals surface area contributed by atoms with E-state index in [0.29, 0.717) is 43.1 Å². The summed E-state index contributed by atoms with van der Waals surface area (Å²) in [5.74, 6) is -3.21. The van der Waals surface area contributed by atoms with E-state index in [1.807, 2.05) is 0 Å². The molecule has 35 heavy (non-hydrogen) atoms. The molecule has 12 heteroatoms. The van der Waals surface area contributed by atoms with E-state index in [9.17, 15) is 32.7 Å². The first-order valence-electron chi connectivity index (χ1n) is 10.4. The highest BCUT2D eigenvalue weighted by Gasteiger charge is 2.37. The van der Waals surface area contributed by atoms with Gasteiger partial charge in [-0.3, -0.25) is 19.8 Å². The van der Waals surface area contributed by atoms with Gasteiger partial charge in [0.1, 0.15) is 5.84 Å². The maximum Gasteiger partial charge on any atom is 0.417 e. The van der Waals surface area contributed by atoms with E-state index in [0.717, 1.165) is 12.1 Å². The smallest absolute Gasteiger partial charge is 0.417 e. The molecule has 1 fully saturated rings. The van der Waals surface area contributed by atoms with E-state index in [1.165, 1.54) is 29.2 Å². The van der Waals surface area contributed by atoms with E-state index in [1.54, 1.807) is 0 Å². The van der Waals surface area contributed by atoms with Gasteiger partial charge in [-0.05, 0) is 42.7 Å². The molecule has 0 bridgehead atoms. The summed E-state index contributed by atoms with van der Waals surface area (Å²) in [6, 6.07) is 7.57. The number of aliphatic carboxylic acids is 1. The van der Waals surface area contributed by atoms with Gasteiger partial charge in [-0.25, -0.2) is 0 Å². The number of hydrogen-bond acceptors (Lipinski definition) is 4. The minimum atomic E-state index is -4.88. The summed E-state index contributed by atoms with van der Waals surface area (Å²) in [4.78, 5) is 38.1. The van der Waals surface area contributed by atoms with E-state index in [-0.39, 0.29) is 23.8 Å². The lowest BCUT2D eigenvalue weighted by Gasteiger charge is -2.21. The molecule has 1 aliphatic heterocycles. The van der Waals surface area contributed by atoms with Crippen molar-refractivity contribution in [2.75, 3.05) is 13.1 Å². The molecule has 2 aromatic carbocycles. The molecule has 1 saturated heterocycles. The molecule has 2 aromatic rings. The number of hydrogen-bond donors (Lipinski definition) is 4. The number of rotatable bonds is 7. The van der Waals surface area contributed by atoms with Crippen LogP contribution in [0.1, 0.15) is 62.7 Å². The van der Waals surface area contributed by atoms with Gasteiger partial charge < -0.3 is 21.1 Å². The van der Waals surface area contributed by atoms with Crippen molar-refractivity contribution in [3.8, 4) is 0 Å². The van der Waals surface area contributed by atoms with Gasteiger partial charge in [0.2, 0.25) is 0 Å². The number of carbonyl (C=O) groups is 3. The number of nitrogens with two attached hydrogens (primary N) is 1. The fourth-order valence-corrected chi connectivity index (χ4v) is 3.79. The predicted molar refractivity (Wildman–Crippen MR) is 124 cm³/mol. The van der Waals surface area contributed by atoms with Crippen molar-refractivity contribution in [2.45, 2.75) is 31.5 Å². The molecule has 3 rings (SSSR count). The summed E-state index contributed by atoms with van der Waals surface area (Å²) in [5.41, 5.74) is 3.93. The third-order valence-corrected chi connectivity index (χ3v) is 5.49. The van der Waals surface area contributed by atoms with Gasteiger partial charge in [-0.2, -0.15) is 13.2 Å². The number of alkyl halides is 3. The van der Waals surface area contributed by atoms with Crippen molar-refractivity contribution >= 4 is 36.0 Å². The Morgan fingerprint density at radius 1 is 1.09 bits per heavy atom. The molecule has 1 atom stereocenters. The number of halogens is 4. The summed E-state index contributed by atoms with van der Waals surface area (Å²) in [7, 11) is 0. The van der Waals surface area contributed by atoms with Crippen LogP contribution in [0.5, 0.6) is 0 Å². The maximum atomic E-state index is 13.7. The zero-order valence-corrected chi connectivity index (χ0v) is 19.2. The number of carboxylic acid groups (broad SMARTS) is 1. The van der Waals surface area contributed by atoms with Crippen molar-refractivity contribution in [1.82, 2.24) is 10.2 Å². The molecule has 5 N–H and O–H groups in total. The molecule has 1 aliphatic rings. The number of likely N-dealkylation sites (tertiary alicyclic amines) is 1. The van der Waals surface area contributed by atoms with E-state index < -0.39 is 47.5 Å². The van der Waals surface area contributed by atoms with Crippen LogP contribution in [-0.2, 0) is 11.0 Å². The molecule has 2 amide bonds. The summed E-state index contributed by atoms with van der Waals surface area (Å²) >= 11 is 0. The van der Waals surface area contributed by atoms with Crippen LogP contribution in [0.3, 0.4) is 0 Å². The summed E-state index contributed by atoms with van der Waals surface area (Å²) in [6.07, 6.45) is -4.01. The zero-order chi connectivity index (χ0) is 25.0. The van der Waals surface area contributed by atoms with Crippen LogP contribution in [0.4, 0.5) is 13.2 Å². The number of nitrogen functional groups attached to an aromatic ring is 1. The zero-order valence-electron chi connectivity index (χ0n) is 18.4. The third-order valence-electron chi connectivity index (χ3n) is 5.49. The van der Waals surface area contributed by atoms with E-state index >= 15 is 0 Å². The second-order valence-electron chi connectivity index (χ2n) is 7.92. The monoisotopic (exact) mass is 512 g/mol. The molecule has 0 aliphatic carbocycles. The second-order valence-corrected chi connectivity index (χ2v) is 7.92. The molecule has 1 unspecified atom stereocenters. The second kappa shape index (κ2) is 11.2. The van der Waals surface area contributed by atoms with Gasteiger partial charge in [0.25, 0.3) is 11.8 Å². The van der Waals surface area contributed by atoms with Crippen molar-refractivity contribution in [2.24, 2.45) is 5.73 Å². The normalized spacial score (nSPS) is 14.1. The first-order chi connectivity index (χ1) is 16.0. The van der Waals surface area contributed by atoms with Crippen LogP contribution in [0.15, 0.2) is 42.5 Å². The molecular formula is C23H24ClF3N4O4. The first kappa shape index (κ1) is 27.6. The number of nitrogens with zero attached hydrogens (tertiary/aromatic N) is 1. The summed E-state index contributed by atoms with van der Waals surface area (Å²) < 4.78 is 41.2. The average Bonchev–Trinajstić information content (AvgIpc) is 3.32. The minimum Gasteiger partial charge on any atom is -0.481 e. The number of nitrogens with one attached hydrogen (secondary N) is 2. The minimum absolute atomic E-state index is 0. The molecule has 8 nitrogen and oxygen atoms in total. The van der Waals surface area contributed by atoms with Crippen molar-refractivity contribution < 1.29 is 32.7 Å². The maximum absolute atomic E-state index is 13.7. The number of benzene rings is 2. The van der Waals surface area contributed by atoms with Crippen LogP contribution in [-0.4, -0.2) is 46.7 Å². The fourth-order valence-electron chi connectivity index (χ4n) is 3.79. The average molecular weight is 513 g/mol. The Morgan fingerprint density at radius 3 is 2.31 bits per heavy atom. The molecule has 0 spiro atoms. The number of carbonyl (C=O) groups excluding carboxylic acids is 2. The van der Waals surface area contributed by atoms with Gasteiger partial charge in [0, 0.05) is 24.2 Å². The highest BCUT2D eigenvalue weighted by Crippen LogP contribution is 2.34. The topological polar surface area (TPSA) is 137 Å².